The number of hydrogen-bond acceptors (Lipinski definition) is 2. The maximum Gasteiger partial charge on any atom is 2.00 e. The van der Waals surface area contributed by atoms with Gasteiger partial charge < -0.3 is 24.8 Å². The molecule has 0 fully saturated rings. The Labute approximate surface area is 350 Å². The maximum atomic E-state index is 3.67. The van der Waals surface area contributed by atoms with Crippen molar-refractivity contribution in [2.75, 3.05) is 11.5 Å². The van der Waals surface area contributed by atoms with Crippen LogP contribution in [-0.4, -0.2) is 36.4 Å². The van der Waals surface area contributed by atoms with Gasteiger partial charge in [0.25, 0.3) is 0 Å². The molecule has 0 radical (unpaired) electrons. The molecular formula is C40H62Cl2S2Si2Ti2. The van der Waals surface area contributed by atoms with E-state index in [4.69, 9.17) is 0 Å². The Bertz CT molecular complexity index is 1240. The van der Waals surface area contributed by atoms with Crippen molar-refractivity contribution in [2.24, 2.45) is 10.8 Å². The third-order valence-electron chi connectivity index (χ3n) is 10.2. The van der Waals surface area contributed by atoms with E-state index in [0.717, 1.165) is 12.8 Å². The Morgan fingerprint density at radius 2 is 0.958 bits per heavy atom. The van der Waals surface area contributed by atoms with Gasteiger partial charge >= 0.3 is 43.4 Å². The number of hydrogen-bond donors (Lipinski definition) is 0. The van der Waals surface area contributed by atoms with Crippen LogP contribution in [0, 0.1) is 23.0 Å². The largest absolute Gasteiger partial charge is 2.00 e. The van der Waals surface area contributed by atoms with Crippen molar-refractivity contribution in [3.63, 3.8) is 0 Å². The van der Waals surface area contributed by atoms with Gasteiger partial charge in [-0.25, -0.2) is 22.5 Å². The second-order valence-corrected chi connectivity index (χ2v) is 29.2. The summed E-state index contributed by atoms with van der Waals surface area (Å²) in [6.45, 7) is 33.7. The van der Waals surface area contributed by atoms with Crippen molar-refractivity contribution in [3.05, 3.63) is 93.4 Å². The quantitative estimate of drug-likeness (QED) is 0.201. The van der Waals surface area contributed by atoms with E-state index in [1.54, 1.807) is 11.1 Å². The zero-order chi connectivity index (χ0) is 33.2. The van der Waals surface area contributed by atoms with Crippen molar-refractivity contribution in [1.29, 1.82) is 0 Å². The van der Waals surface area contributed by atoms with Gasteiger partial charge in [-0.15, -0.1) is 12.8 Å². The Morgan fingerprint density at radius 3 is 1.19 bits per heavy atom. The van der Waals surface area contributed by atoms with E-state index in [1.165, 1.54) is 45.9 Å². The van der Waals surface area contributed by atoms with Crippen LogP contribution in [0.1, 0.15) is 94.9 Å². The van der Waals surface area contributed by atoms with E-state index >= 15 is 0 Å². The number of halogens is 2. The van der Waals surface area contributed by atoms with Crippen LogP contribution in [0.25, 0.3) is 0 Å². The molecule has 0 nitrogen and oxygen atoms in total. The van der Waals surface area contributed by atoms with E-state index in [0.29, 0.717) is 0 Å². The van der Waals surface area contributed by atoms with Gasteiger partial charge in [0.15, 0.2) is 0 Å². The van der Waals surface area contributed by atoms with Gasteiger partial charge in [0.05, 0.1) is 16.1 Å². The molecule has 4 rings (SSSR count). The Morgan fingerprint density at radius 1 is 0.646 bits per heavy atom. The molecule has 0 spiro atoms. The predicted molar refractivity (Wildman–Crippen MR) is 210 cm³/mol. The van der Waals surface area contributed by atoms with Crippen LogP contribution in [0.3, 0.4) is 0 Å². The van der Waals surface area contributed by atoms with Gasteiger partial charge in [-0.2, -0.15) is 35.7 Å². The molecular weight excluding hydrogens is 767 g/mol. The summed E-state index contributed by atoms with van der Waals surface area (Å²) in [5.74, 6) is 2.35. The van der Waals surface area contributed by atoms with E-state index < -0.39 is 16.1 Å². The summed E-state index contributed by atoms with van der Waals surface area (Å²) in [6, 6.07) is 0. The van der Waals surface area contributed by atoms with Crippen LogP contribution >= 0.6 is 23.5 Å². The van der Waals surface area contributed by atoms with Gasteiger partial charge in [0.2, 0.25) is 0 Å². The van der Waals surface area contributed by atoms with Crippen LogP contribution in [0.15, 0.2) is 81.3 Å². The molecule has 4 aliphatic rings. The van der Waals surface area contributed by atoms with Crippen LogP contribution in [0.4, 0.5) is 0 Å². The normalized spacial score (nSPS) is 23.7. The van der Waals surface area contributed by atoms with Crippen molar-refractivity contribution in [1.82, 2.24) is 0 Å². The number of thioether (sulfide) groups is 2. The molecule has 8 heteroatoms. The molecule has 0 aliphatic heterocycles. The molecule has 2 atom stereocenters. The summed E-state index contributed by atoms with van der Waals surface area (Å²) in [7, 11) is -3.35. The fourth-order valence-corrected chi connectivity index (χ4v) is 21.0. The number of rotatable bonds is 8. The van der Waals surface area contributed by atoms with Gasteiger partial charge in [0, 0.05) is 8.74 Å². The monoisotopic (exact) mass is 828 g/mol. The minimum absolute atomic E-state index is 0. The predicted octanol–water partition coefficient (Wildman–Crippen LogP) is 6.56. The molecule has 0 aromatic carbocycles. The standard InChI is InChI=1S/2C20H31SSi.2ClH.2Ti/c2*1-8-21-20(22(6,7)17-11-9-10-12-17)14-13-16(2)15-18(20)19(3,4)5;;;;/h2*9,11,13,15H,8,10,14H2,1-7H3;2*1H;;/q2*-1;;;2*+2/p-2. The van der Waals surface area contributed by atoms with Crippen LogP contribution < -0.4 is 24.8 Å². The minimum atomic E-state index is -1.67. The van der Waals surface area contributed by atoms with Crippen LogP contribution in [0.5, 0.6) is 0 Å². The molecule has 2 unspecified atom stereocenters. The van der Waals surface area contributed by atoms with Crippen LogP contribution in [-0.2, 0) is 43.4 Å². The average molecular weight is 830 g/mol. The molecule has 0 saturated carbocycles. The summed E-state index contributed by atoms with van der Waals surface area (Å²) in [6.07, 6.45) is 30.9. The Hall–Kier alpha value is 1.06. The second kappa shape index (κ2) is 19.9. The summed E-state index contributed by atoms with van der Waals surface area (Å²) < 4.78 is 0.521. The Kier molecular flexibility index (Phi) is 21.3. The molecule has 0 amide bonds. The third kappa shape index (κ3) is 10.6. The van der Waals surface area contributed by atoms with Gasteiger partial charge in [-0.05, 0) is 49.0 Å². The zero-order valence-corrected chi connectivity index (χ0v) is 40.7. The van der Waals surface area contributed by atoms with Gasteiger partial charge in [0.1, 0.15) is 0 Å². The smallest absolute Gasteiger partial charge is 1.00 e. The first-order valence-corrected chi connectivity index (χ1v) is 24.9. The topological polar surface area (TPSA) is 0 Å². The molecule has 0 aromatic rings. The molecule has 48 heavy (non-hydrogen) atoms. The molecule has 264 valence electrons. The first-order chi connectivity index (χ1) is 20.3. The first kappa shape index (κ1) is 51.2. The SMILES string of the molecule is CCSC1([Si](C)(C)C2=[C-]CC=C2)CC=C(C)C=C1C(C)(C)C.CCSC1([Si](C)(C)C2=[C-]CC=C2)CC=C(C)C=C1C(C)(C)C.[Cl-].[Cl-].[Ti+2].[Ti+2]. The molecule has 0 saturated heterocycles. The van der Waals surface area contributed by atoms with Crippen LogP contribution in [0.2, 0.25) is 26.2 Å². The van der Waals surface area contributed by atoms with E-state index in [1.807, 2.05) is 0 Å². The molecule has 0 heterocycles. The first-order valence-electron chi connectivity index (χ1n) is 16.9. The number of allylic oxidation sites excluding steroid dienone is 14. The molecule has 0 aromatic heterocycles. The van der Waals surface area contributed by atoms with Gasteiger partial charge in [-0.1, -0.05) is 128 Å². The summed E-state index contributed by atoms with van der Waals surface area (Å²) in [4.78, 5) is 0. The fraction of sp³-hybridized carbons (Fsp3) is 0.600. The Balaban J connectivity index is 0. The maximum absolute atomic E-state index is 3.67. The molecule has 0 bridgehead atoms. The second-order valence-electron chi connectivity index (χ2n) is 16.1. The van der Waals surface area contributed by atoms with E-state index in [2.05, 4.69) is 180 Å². The van der Waals surface area contributed by atoms with Gasteiger partial charge in [-0.3, -0.25) is 12.2 Å². The van der Waals surface area contributed by atoms with E-state index in [-0.39, 0.29) is 87.8 Å². The zero-order valence-electron chi connectivity index (χ0n) is 32.4. The van der Waals surface area contributed by atoms with Crippen molar-refractivity contribution >= 4 is 39.7 Å². The van der Waals surface area contributed by atoms with E-state index in [9.17, 15) is 0 Å². The third-order valence-corrected chi connectivity index (χ3v) is 24.8. The summed E-state index contributed by atoms with van der Waals surface area (Å²) >= 11 is 4.37. The minimum Gasteiger partial charge on any atom is -1.00 e. The fourth-order valence-electron chi connectivity index (χ4n) is 7.69. The van der Waals surface area contributed by atoms with Crippen molar-refractivity contribution in [3.8, 4) is 0 Å². The average Bonchev–Trinajstić information content (AvgIpc) is 3.66. The summed E-state index contributed by atoms with van der Waals surface area (Å²) in [5.41, 5.74) is 6.59. The molecule has 4 aliphatic carbocycles. The molecule has 0 N–H and O–H groups in total. The summed E-state index contributed by atoms with van der Waals surface area (Å²) in [5, 5.41) is 3.05. The van der Waals surface area contributed by atoms with Crippen molar-refractivity contribution < 1.29 is 68.2 Å². The van der Waals surface area contributed by atoms with Crippen molar-refractivity contribution in [2.45, 2.75) is 130 Å².